The summed E-state index contributed by atoms with van der Waals surface area (Å²) < 4.78 is 27.2. The number of sulfonamides is 1. The van der Waals surface area contributed by atoms with Crippen LogP contribution in [0.4, 0.5) is 0 Å². The molecule has 0 bridgehead atoms. The molecule has 1 saturated heterocycles. The third-order valence-corrected chi connectivity index (χ3v) is 6.05. The molecule has 4 nitrogen and oxygen atoms in total. The van der Waals surface area contributed by atoms with Crippen molar-refractivity contribution in [3.8, 4) is 11.8 Å². The van der Waals surface area contributed by atoms with Gasteiger partial charge in [-0.05, 0) is 54.5 Å². The smallest absolute Gasteiger partial charge is 0.240 e. The van der Waals surface area contributed by atoms with Crippen molar-refractivity contribution in [2.24, 2.45) is 5.92 Å². The number of benzene rings is 1. The van der Waals surface area contributed by atoms with Gasteiger partial charge in [-0.2, -0.15) is 11.8 Å². The van der Waals surface area contributed by atoms with Crippen LogP contribution in [-0.4, -0.2) is 38.2 Å². The Morgan fingerprint density at radius 3 is 2.90 bits per heavy atom. The first-order valence-corrected chi connectivity index (χ1v) is 9.44. The minimum Gasteiger partial charge on any atom is -0.384 e. The number of aryl methyl sites for hydroxylation is 1. The number of nitrogens with one attached hydrogen (secondary N) is 1. The highest BCUT2D eigenvalue weighted by Gasteiger charge is 2.20. The fourth-order valence-electron chi connectivity index (χ4n) is 2.13. The van der Waals surface area contributed by atoms with Gasteiger partial charge in [0.2, 0.25) is 10.0 Å². The Balaban J connectivity index is 2.10. The summed E-state index contributed by atoms with van der Waals surface area (Å²) in [7, 11) is -3.46. The third kappa shape index (κ3) is 4.48. The van der Waals surface area contributed by atoms with Crippen molar-refractivity contribution in [3.05, 3.63) is 29.3 Å². The van der Waals surface area contributed by atoms with E-state index < -0.39 is 10.0 Å². The van der Waals surface area contributed by atoms with Crippen LogP contribution in [0.5, 0.6) is 0 Å². The van der Waals surface area contributed by atoms with Gasteiger partial charge in [-0.15, -0.1) is 0 Å². The second-order valence-corrected chi connectivity index (χ2v) is 7.93. The van der Waals surface area contributed by atoms with E-state index in [1.165, 1.54) is 0 Å². The Bertz CT molecular complexity index is 653. The summed E-state index contributed by atoms with van der Waals surface area (Å²) in [5.74, 6) is 7.93. The maximum atomic E-state index is 12.3. The molecule has 1 aromatic rings. The highest BCUT2D eigenvalue weighted by molar-refractivity contribution is 7.99. The zero-order chi connectivity index (χ0) is 15.3. The van der Waals surface area contributed by atoms with Crippen LogP contribution in [0.3, 0.4) is 0 Å². The van der Waals surface area contributed by atoms with Crippen LogP contribution in [0.15, 0.2) is 23.1 Å². The molecule has 2 rings (SSSR count). The molecule has 21 heavy (non-hydrogen) atoms. The molecule has 0 radical (unpaired) electrons. The molecule has 0 spiro atoms. The monoisotopic (exact) mass is 325 g/mol. The quantitative estimate of drug-likeness (QED) is 0.821. The van der Waals surface area contributed by atoms with Gasteiger partial charge >= 0.3 is 0 Å². The molecule has 0 aliphatic carbocycles. The number of aliphatic hydroxyl groups is 1. The van der Waals surface area contributed by atoms with Gasteiger partial charge in [-0.1, -0.05) is 11.8 Å². The minimum atomic E-state index is -3.46. The van der Waals surface area contributed by atoms with E-state index in [2.05, 4.69) is 16.6 Å². The molecule has 0 saturated carbocycles. The van der Waals surface area contributed by atoms with Crippen LogP contribution < -0.4 is 4.72 Å². The second-order valence-electron chi connectivity index (χ2n) is 5.02. The maximum Gasteiger partial charge on any atom is 0.240 e. The Labute approximate surface area is 130 Å². The van der Waals surface area contributed by atoms with E-state index >= 15 is 0 Å². The molecule has 1 aliphatic heterocycles. The number of thioether (sulfide) groups is 1. The number of aliphatic hydroxyl groups excluding tert-OH is 1. The van der Waals surface area contributed by atoms with E-state index in [0.717, 1.165) is 29.1 Å². The van der Waals surface area contributed by atoms with Gasteiger partial charge in [0.25, 0.3) is 0 Å². The van der Waals surface area contributed by atoms with Gasteiger partial charge in [0.15, 0.2) is 0 Å². The fourth-order valence-corrected chi connectivity index (χ4v) is 4.62. The van der Waals surface area contributed by atoms with E-state index in [-0.39, 0.29) is 11.5 Å². The summed E-state index contributed by atoms with van der Waals surface area (Å²) in [4.78, 5) is 0.264. The normalized spacial score (nSPS) is 18.3. The summed E-state index contributed by atoms with van der Waals surface area (Å²) in [5, 5.41) is 8.69. The Kier molecular flexibility index (Phi) is 5.71. The highest BCUT2D eigenvalue weighted by Crippen LogP contribution is 2.23. The Hall–Kier alpha value is -1.00. The van der Waals surface area contributed by atoms with Crippen molar-refractivity contribution >= 4 is 21.8 Å². The molecular weight excluding hydrogens is 306 g/mol. The molecule has 6 heteroatoms. The molecule has 2 N–H and O–H groups in total. The van der Waals surface area contributed by atoms with Gasteiger partial charge in [0, 0.05) is 12.1 Å². The van der Waals surface area contributed by atoms with Gasteiger partial charge in [-0.3, -0.25) is 0 Å². The van der Waals surface area contributed by atoms with Crippen LogP contribution in [0, 0.1) is 24.7 Å². The number of rotatable bonds is 4. The molecule has 114 valence electrons. The largest absolute Gasteiger partial charge is 0.384 e. The average molecular weight is 325 g/mol. The molecule has 1 aliphatic rings. The molecule has 1 unspecified atom stereocenters. The predicted molar refractivity (Wildman–Crippen MR) is 85.8 cm³/mol. The van der Waals surface area contributed by atoms with Crippen LogP contribution >= 0.6 is 11.8 Å². The third-order valence-electron chi connectivity index (χ3n) is 3.40. The van der Waals surface area contributed by atoms with Crippen LogP contribution in [0.1, 0.15) is 17.5 Å². The van der Waals surface area contributed by atoms with Crippen LogP contribution in [-0.2, 0) is 10.0 Å². The lowest BCUT2D eigenvalue weighted by atomic mass is 10.1. The summed E-state index contributed by atoms with van der Waals surface area (Å²) in [5.41, 5.74) is 1.52. The standard InChI is InChI=1S/C15H19NO3S2/c1-12-9-15(5-4-14(12)3-2-7-17)21(18,19)16-10-13-6-8-20-11-13/h4-5,9,13,16-17H,6-8,10-11H2,1H3. The van der Waals surface area contributed by atoms with Gasteiger partial charge in [-0.25, -0.2) is 13.1 Å². The topological polar surface area (TPSA) is 66.4 Å². The lowest BCUT2D eigenvalue weighted by molar-refractivity contribution is 0.350. The molecule has 1 atom stereocenters. The molecule has 1 fully saturated rings. The van der Waals surface area contributed by atoms with Crippen molar-refractivity contribution in [2.75, 3.05) is 24.7 Å². The second kappa shape index (κ2) is 7.32. The fraction of sp³-hybridized carbons (Fsp3) is 0.467. The summed E-state index contributed by atoms with van der Waals surface area (Å²) in [6.07, 6.45) is 1.07. The molecule has 1 aromatic carbocycles. The lowest BCUT2D eigenvalue weighted by Gasteiger charge is -2.11. The molecule has 1 heterocycles. The van der Waals surface area contributed by atoms with Crippen molar-refractivity contribution < 1.29 is 13.5 Å². The van der Waals surface area contributed by atoms with Crippen molar-refractivity contribution in [1.82, 2.24) is 4.72 Å². The Morgan fingerprint density at radius 1 is 1.48 bits per heavy atom. The first-order valence-electron chi connectivity index (χ1n) is 6.81. The predicted octanol–water partition coefficient (Wildman–Crippen LogP) is 1.37. The van der Waals surface area contributed by atoms with E-state index in [1.807, 2.05) is 18.7 Å². The van der Waals surface area contributed by atoms with E-state index in [1.54, 1.807) is 18.2 Å². The SMILES string of the molecule is Cc1cc(S(=O)(=O)NCC2CCSC2)ccc1C#CCO. The molecule has 0 aromatic heterocycles. The summed E-state index contributed by atoms with van der Waals surface area (Å²) >= 11 is 1.87. The van der Waals surface area contributed by atoms with Crippen molar-refractivity contribution in [2.45, 2.75) is 18.2 Å². The van der Waals surface area contributed by atoms with E-state index in [9.17, 15) is 8.42 Å². The van der Waals surface area contributed by atoms with Crippen molar-refractivity contribution in [3.63, 3.8) is 0 Å². The van der Waals surface area contributed by atoms with Crippen molar-refractivity contribution in [1.29, 1.82) is 0 Å². The first-order chi connectivity index (χ1) is 10.0. The maximum absolute atomic E-state index is 12.3. The average Bonchev–Trinajstić information content (AvgIpc) is 2.97. The van der Waals surface area contributed by atoms with E-state index in [4.69, 9.17) is 5.11 Å². The summed E-state index contributed by atoms with van der Waals surface area (Å²) in [6, 6.07) is 4.85. The zero-order valence-corrected chi connectivity index (χ0v) is 13.6. The van der Waals surface area contributed by atoms with E-state index in [0.29, 0.717) is 12.5 Å². The first kappa shape index (κ1) is 16.4. The van der Waals surface area contributed by atoms with Gasteiger partial charge in [0.05, 0.1) is 4.90 Å². The molecular formula is C15H19NO3S2. The zero-order valence-electron chi connectivity index (χ0n) is 11.9. The number of hydrogen-bond donors (Lipinski definition) is 2. The summed E-state index contributed by atoms with van der Waals surface area (Å²) in [6.45, 7) is 2.11. The van der Waals surface area contributed by atoms with Crippen LogP contribution in [0.2, 0.25) is 0 Å². The van der Waals surface area contributed by atoms with Gasteiger partial charge < -0.3 is 5.11 Å². The molecule has 0 amide bonds. The Morgan fingerprint density at radius 2 is 2.29 bits per heavy atom. The minimum absolute atomic E-state index is 0.208. The highest BCUT2D eigenvalue weighted by atomic mass is 32.2. The van der Waals surface area contributed by atoms with Gasteiger partial charge in [0.1, 0.15) is 6.61 Å². The van der Waals surface area contributed by atoms with Crippen LogP contribution in [0.25, 0.3) is 0 Å². The lowest BCUT2D eigenvalue weighted by Crippen LogP contribution is -2.29. The number of hydrogen-bond acceptors (Lipinski definition) is 4.